The molecule has 0 heterocycles. The summed E-state index contributed by atoms with van der Waals surface area (Å²) >= 11 is 0. The first-order chi connectivity index (χ1) is 16.2. The Bertz CT molecular complexity index is 1310. The molecule has 1 aromatic carbocycles. The van der Waals surface area contributed by atoms with Crippen LogP contribution in [0.3, 0.4) is 0 Å². The molecule has 3 atom stereocenters. The van der Waals surface area contributed by atoms with Gasteiger partial charge in [-0.15, -0.1) is 0 Å². The first-order valence-corrected chi connectivity index (χ1v) is 11.8. The second kappa shape index (κ2) is 7.87. The molecule has 184 valence electrons. The molecular weight excluding hydrogens is 444 g/mol. The maximum atomic E-state index is 14.1. The van der Waals surface area contributed by atoms with Crippen LogP contribution in [0.15, 0.2) is 40.7 Å². The van der Waals surface area contributed by atoms with E-state index in [1.54, 1.807) is 6.08 Å². The smallest absolute Gasteiger partial charge is 0.330 e. The highest BCUT2D eigenvalue weighted by molar-refractivity contribution is 6.21. The molecule has 0 saturated heterocycles. The lowest BCUT2D eigenvalue weighted by molar-refractivity contribution is -0.134. The molecule has 6 heteroatoms. The molecule has 1 aromatic rings. The van der Waals surface area contributed by atoms with E-state index in [0.717, 1.165) is 16.7 Å². The van der Waals surface area contributed by atoms with E-state index < -0.39 is 28.0 Å². The molecule has 0 bridgehead atoms. The van der Waals surface area contributed by atoms with Crippen LogP contribution in [0.1, 0.15) is 74.5 Å². The minimum atomic E-state index is -1.01. The Morgan fingerprint density at radius 3 is 2.34 bits per heavy atom. The van der Waals surface area contributed by atoms with Crippen LogP contribution in [0, 0.1) is 23.2 Å². The Labute approximate surface area is 205 Å². The van der Waals surface area contributed by atoms with Crippen molar-refractivity contribution < 1.29 is 29.0 Å². The summed E-state index contributed by atoms with van der Waals surface area (Å²) in [5, 5.41) is 11.3. The molecule has 6 nitrogen and oxygen atoms in total. The van der Waals surface area contributed by atoms with Crippen molar-refractivity contribution >= 4 is 29.4 Å². The number of methoxy groups -OCH3 is 1. The molecule has 0 saturated carbocycles. The first kappa shape index (κ1) is 24.8. The van der Waals surface area contributed by atoms with Gasteiger partial charge in [-0.1, -0.05) is 31.6 Å². The van der Waals surface area contributed by atoms with Crippen LogP contribution in [-0.2, 0) is 25.5 Å². The summed E-state index contributed by atoms with van der Waals surface area (Å²) < 4.78 is 4.73. The molecule has 3 unspecified atom stereocenters. The number of ether oxygens (including phenoxy) is 1. The van der Waals surface area contributed by atoms with Crippen molar-refractivity contribution in [2.75, 3.05) is 7.11 Å². The van der Waals surface area contributed by atoms with Crippen molar-refractivity contribution in [3.8, 4) is 0 Å². The molecule has 0 radical (unpaired) electrons. The largest absolute Gasteiger partial charge is 0.510 e. The van der Waals surface area contributed by atoms with Gasteiger partial charge in [0.25, 0.3) is 0 Å². The van der Waals surface area contributed by atoms with Crippen LogP contribution in [0.4, 0.5) is 0 Å². The van der Waals surface area contributed by atoms with Crippen molar-refractivity contribution in [2.24, 2.45) is 16.2 Å². The van der Waals surface area contributed by atoms with Crippen LogP contribution in [0.5, 0.6) is 0 Å². The number of ketones is 3. The highest BCUT2D eigenvalue weighted by Gasteiger charge is 2.63. The molecule has 0 aromatic heterocycles. The van der Waals surface area contributed by atoms with E-state index in [4.69, 9.17) is 4.74 Å². The Morgan fingerprint density at radius 1 is 1.09 bits per heavy atom. The predicted octanol–water partition coefficient (Wildman–Crippen LogP) is 5.03. The van der Waals surface area contributed by atoms with Gasteiger partial charge in [-0.25, -0.2) is 4.79 Å². The number of fused-ring (bicyclic) bond motifs is 3. The van der Waals surface area contributed by atoms with E-state index >= 15 is 0 Å². The summed E-state index contributed by atoms with van der Waals surface area (Å²) in [4.78, 5) is 51.1. The first-order valence-electron chi connectivity index (χ1n) is 11.8. The van der Waals surface area contributed by atoms with Gasteiger partial charge in [0.15, 0.2) is 17.3 Å². The van der Waals surface area contributed by atoms with Gasteiger partial charge >= 0.3 is 5.97 Å². The average Bonchev–Trinajstić information content (AvgIpc) is 2.74. The fourth-order valence-electron chi connectivity index (χ4n) is 6.95. The Hall–Kier alpha value is -3.28. The molecule has 4 rings (SSSR count). The summed E-state index contributed by atoms with van der Waals surface area (Å²) in [6.45, 7) is 10.9. The summed E-state index contributed by atoms with van der Waals surface area (Å²) in [6, 6.07) is 3.77. The zero-order valence-corrected chi connectivity index (χ0v) is 21.4. The van der Waals surface area contributed by atoms with Crippen molar-refractivity contribution in [3.05, 3.63) is 62.9 Å². The zero-order chi connectivity index (χ0) is 26.1. The van der Waals surface area contributed by atoms with Crippen molar-refractivity contribution in [1.82, 2.24) is 0 Å². The molecule has 0 amide bonds. The molecule has 3 aliphatic rings. The topological polar surface area (TPSA) is 97.7 Å². The van der Waals surface area contributed by atoms with Gasteiger partial charge in [-0.2, -0.15) is 0 Å². The summed E-state index contributed by atoms with van der Waals surface area (Å²) in [6.07, 6.45) is 4.18. The maximum absolute atomic E-state index is 14.1. The number of rotatable bonds is 3. The fraction of sp³-hybridized carbons (Fsp3) is 0.448. The highest BCUT2D eigenvalue weighted by atomic mass is 16.5. The number of benzene rings is 1. The van der Waals surface area contributed by atoms with E-state index in [9.17, 15) is 24.3 Å². The lowest BCUT2D eigenvalue weighted by atomic mass is 9.43. The van der Waals surface area contributed by atoms with Crippen molar-refractivity contribution in [3.63, 3.8) is 0 Å². The molecular formula is C29H32O6. The second-order valence-corrected chi connectivity index (χ2v) is 11.0. The monoisotopic (exact) mass is 476 g/mol. The maximum Gasteiger partial charge on any atom is 0.330 e. The van der Waals surface area contributed by atoms with Gasteiger partial charge in [0.05, 0.1) is 18.1 Å². The van der Waals surface area contributed by atoms with E-state index in [1.807, 2.05) is 46.8 Å². The normalized spacial score (nSPS) is 30.3. The van der Waals surface area contributed by atoms with Gasteiger partial charge in [0.1, 0.15) is 5.76 Å². The number of carbonyl (C=O) groups is 4. The SMILES string of the molecule is COC(=O)/C=C/c1ccc(C)c2c1CC1(C)CC3(C)CC(=O)C(C(C)=O)=C(O)C3(C)C(C)=C1C2=O. The number of hydrogen-bond acceptors (Lipinski definition) is 6. The van der Waals surface area contributed by atoms with Gasteiger partial charge in [-0.3, -0.25) is 14.4 Å². The van der Waals surface area contributed by atoms with Crippen LogP contribution >= 0.6 is 0 Å². The third-order valence-electron chi connectivity index (χ3n) is 8.79. The number of aryl methyl sites for hydroxylation is 1. The quantitative estimate of drug-likeness (QED) is 0.373. The molecule has 35 heavy (non-hydrogen) atoms. The van der Waals surface area contributed by atoms with Crippen LogP contribution in [0.25, 0.3) is 6.08 Å². The van der Waals surface area contributed by atoms with E-state index in [-0.39, 0.29) is 29.3 Å². The second-order valence-electron chi connectivity index (χ2n) is 11.0. The van der Waals surface area contributed by atoms with Gasteiger partial charge in [-0.05, 0) is 68.7 Å². The third-order valence-corrected chi connectivity index (χ3v) is 8.79. The Kier molecular flexibility index (Phi) is 5.58. The number of allylic oxidation sites excluding steroid dienone is 3. The number of hydrogen-bond donors (Lipinski definition) is 1. The summed E-state index contributed by atoms with van der Waals surface area (Å²) in [5.41, 5.74) is 2.02. The van der Waals surface area contributed by atoms with Gasteiger partial charge < -0.3 is 9.84 Å². The average molecular weight is 477 g/mol. The molecule has 0 fully saturated rings. The molecule has 0 spiro atoms. The van der Waals surface area contributed by atoms with E-state index in [0.29, 0.717) is 29.6 Å². The Balaban J connectivity index is 2.00. The molecule has 1 N–H and O–H groups in total. The fourth-order valence-corrected chi connectivity index (χ4v) is 6.95. The lowest BCUT2D eigenvalue weighted by Crippen LogP contribution is -2.55. The van der Waals surface area contributed by atoms with Crippen molar-refractivity contribution in [2.45, 2.75) is 60.8 Å². The number of esters is 1. The number of Topliss-reactive ketones (excluding diaryl/α,β-unsaturated/α-hetero) is 3. The van der Waals surface area contributed by atoms with E-state index in [1.165, 1.54) is 20.1 Å². The number of carbonyl (C=O) groups excluding carboxylic acids is 4. The van der Waals surface area contributed by atoms with Crippen LogP contribution in [0.2, 0.25) is 0 Å². The molecule has 0 aliphatic heterocycles. The third kappa shape index (κ3) is 3.29. The van der Waals surface area contributed by atoms with Gasteiger partial charge in [0.2, 0.25) is 0 Å². The summed E-state index contributed by atoms with van der Waals surface area (Å²) in [5.74, 6) is -1.61. The Morgan fingerprint density at radius 2 is 1.74 bits per heavy atom. The minimum absolute atomic E-state index is 0.102. The predicted molar refractivity (Wildman–Crippen MR) is 132 cm³/mol. The summed E-state index contributed by atoms with van der Waals surface area (Å²) in [7, 11) is 1.31. The highest BCUT2D eigenvalue weighted by Crippen LogP contribution is 2.67. The van der Waals surface area contributed by atoms with Crippen LogP contribution in [-0.4, -0.2) is 35.5 Å². The zero-order valence-electron chi connectivity index (χ0n) is 21.4. The van der Waals surface area contributed by atoms with E-state index in [2.05, 4.69) is 0 Å². The lowest BCUT2D eigenvalue weighted by Gasteiger charge is -2.59. The van der Waals surface area contributed by atoms with Crippen LogP contribution < -0.4 is 0 Å². The standard InChI is InChI=1S/C29H32O6/c1-15-8-9-18(10-11-21(32)35-7)19-12-27(4)14-28(5)13-20(31)23(17(3)30)26(34)29(28,6)16(2)24(27)25(33)22(15)19/h8-11,34H,12-14H2,1-7H3/b11-10+. The number of aliphatic hydroxyl groups is 1. The van der Waals surface area contributed by atoms with Gasteiger partial charge in [0, 0.05) is 29.0 Å². The minimum Gasteiger partial charge on any atom is -0.510 e. The molecule has 3 aliphatic carbocycles. The van der Waals surface area contributed by atoms with Crippen molar-refractivity contribution in [1.29, 1.82) is 0 Å². The number of aliphatic hydroxyl groups excluding tert-OH is 1.